The number of rotatable bonds is 6. The van der Waals surface area contributed by atoms with Crippen LogP contribution in [0.15, 0.2) is 0 Å². The van der Waals surface area contributed by atoms with Crippen LogP contribution in [0.25, 0.3) is 0 Å². The van der Waals surface area contributed by atoms with Crippen molar-refractivity contribution in [3.63, 3.8) is 0 Å². The fourth-order valence-corrected chi connectivity index (χ4v) is 2.14. The third kappa shape index (κ3) is 3.61. The van der Waals surface area contributed by atoms with E-state index in [-0.39, 0.29) is 0 Å². The second-order valence-electron chi connectivity index (χ2n) is 5.64. The molecular formula is C13H27N. The number of nitrogens with zero attached hydrogens (tertiary/aromatic N) is 1. The van der Waals surface area contributed by atoms with Gasteiger partial charge in [0, 0.05) is 12.1 Å². The minimum atomic E-state index is 0.702. The monoisotopic (exact) mass is 197 g/mol. The SMILES string of the molecule is CC(C)CC[C@H](C1CC1)N(C)C(C)C. The first-order valence-corrected chi connectivity index (χ1v) is 6.24. The summed E-state index contributed by atoms with van der Waals surface area (Å²) in [6.07, 6.45) is 5.73. The predicted molar refractivity (Wildman–Crippen MR) is 63.5 cm³/mol. The molecule has 0 aliphatic heterocycles. The van der Waals surface area contributed by atoms with E-state index in [9.17, 15) is 0 Å². The van der Waals surface area contributed by atoms with Gasteiger partial charge in [0.2, 0.25) is 0 Å². The summed E-state index contributed by atoms with van der Waals surface area (Å²) >= 11 is 0. The lowest BCUT2D eigenvalue weighted by atomic mass is 9.98. The van der Waals surface area contributed by atoms with Gasteiger partial charge in [0.25, 0.3) is 0 Å². The normalized spacial score (nSPS) is 19.7. The van der Waals surface area contributed by atoms with E-state index in [1.165, 1.54) is 25.7 Å². The Balaban J connectivity index is 2.38. The highest BCUT2D eigenvalue weighted by molar-refractivity contribution is 4.88. The molecule has 1 rings (SSSR count). The largest absolute Gasteiger partial charge is 0.301 e. The standard InChI is InChI=1S/C13H27N/c1-10(2)6-9-13(12-7-8-12)14(5)11(3)4/h10-13H,6-9H2,1-5H3/t13-/m1/s1. The second-order valence-corrected chi connectivity index (χ2v) is 5.64. The van der Waals surface area contributed by atoms with E-state index in [0.29, 0.717) is 6.04 Å². The van der Waals surface area contributed by atoms with Crippen molar-refractivity contribution in [1.29, 1.82) is 0 Å². The van der Waals surface area contributed by atoms with Gasteiger partial charge in [-0.1, -0.05) is 13.8 Å². The summed E-state index contributed by atoms with van der Waals surface area (Å²) < 4.78 is 0. The molecule has 0 bridgehead atoms. The highest BCUT2D eigenvalue weighted by Crippen LogP contribution is 2.38. The van der Waals surface area contributed by atoms with Crippen LogP contribution < -0.4 is 0 Å². The third-order valence-corrected chi connectivity index (χ3v) is 3.54. The molecule has 0 unspecified atom stereocenters. The van der Waals surface area contributed by atoms with Crippen LogP contribution >= 0.6 is 0 Å². The van der Waals surface area contributed by atoms with Gasteiger partial charge in [-0.2, -0.15) is 0 Å². The summed E-state index contributed by atoms with van der Waals surface area (Å²) in [6, 6.07) is 1.56. The van der Waals surface area contributed by atoms with Crippen molar-refractivity contribution in [3.8, 4) is 0 Å². The van der Waals surface area contributed by atoms with Gasteiger partial charge < -0.3 is 4.90 Å². The van der Waals surface area contributed by atoms with Gasteiger partial charge in [-0.15, -0.1) is 0 Å². The molecule has 0 aromatic heterocycles. The molecule has 0 aromatic carbocycles. The molecule has 1 heteroatoms. The Morgan fingerprint density at radius 2 is 1.64 bits per heavy atom. The minimum absolute atomic E-state index is 0.702. The van der Waals surface area contributed by atoms with Crippen LogP contribution in [0.2, 0.25) is 0 Å². The maximum Gasteiger partial charge on any atom is 0.0123 e. The summed E-state index contributed by atoms with van der Waals surface area (Å²) in [5.74, 6) is 1.87. The Bertz CT molecular complexity index is 159. The van der Waals surface area contributed by atoms with Crippen molar-refractivity contribution in [2.24, 2.45) is 11.8 Å². The number of hydrogen-bond acceptors (Lipinski definition) is 1. The quantitative estimate of drug-likeness (QED) is 0.629. The molecule has 1 atom stereocenters. The lowest BCUT2D eigenvalue weighted by Crippen LogP contribution is -2.38. The molecule has 14 heavy (non-hydrogen) atoms. The van der Waals surface area contributed by atoms with Crippen LogP contribution in [0.1, 0.15) is 53.4 Å². The average molecular weight is 197 g/mol. The van der Waals surface area contributed by atoms with Crippen molar-refractivity contribution in [2.75, 3.05) is 7.05 Å². The minimum Gasteiger partial charge on any atom is -0.301 e. The first-order valence-electron chi connectivity index (χ1n) is 6.24. The molecule has 84 valence electrons. The molecule has 1 aliphatic rings. The van der Waals surface area contributed by atoms with Crippen molar-refractivity contribution in [1.82, 2.24) is 4.90 Å². The Morgan fingerprint density at radius 3 is 2.00 bits per heavy atom. The predicted octanol–water partition coefficient (Wildman–Crippen LogP) is 3.54. The highest BCUT2D eigenvalue weighted by atomic mass is 15.2. The molecule has 1 saturated carbocycles. The zero-order valence-corrected chi connectivity index (χ0v) is 10.6. The maximum absolute atomic E-state index is 2.58. The molecule has 0 N–H and O–H groups in total. The third-order valence-electron chi connectivity index (χ3n) is 3.54. The summed E-state index contributed by atoms with van der Waals surface area (Å²) in [7, 11) is 2.30. The van der Waals surface area contributed by atoms with E-state index in [1.54, 1.807) is 0 Å². The molecule has 0 aromatic rings. The Kier molecular flexibility index (Phi) is 4.43. The molecule has 1 nitrogen and oxygen atoms in total. The van der Waals surface area contributed by atoms with Crippen molar-refractivity contribution in [3.05, 3.63) is 0 Å². The molecule has 0 amide bonds. The van der Waals surface area contributed by atoms with Crippen molar-refractivity contribution >= 4 is 0 Å². The average Bonchev–Trinajstić information content (AvgIpc) is 2.87. The Hall–Kier alpha value is -0.0400. The van der Waals surface area contributed by atoms with Gasteiger partial charge in [0.1, 0.15) is 0 Å². The Morgan fingerprint density at radius 1 is 1.07 bits per heavy atom. The van der Waals surface area contributed by atoms with Crippen LogP contribution in [0, 0.1) is 11.8 Å². The van der Waals surface area contributed by atoms with E-state index in [4.69, 9.17) is 0 Å². The topological polar surface area (TPSA) is 3.24 Å². The zero-order chi connectivity index (χ0) is 10.7. The van der Waals surface area contributed by atoms with Gasteiger partial charge in [0.15, 0.2) is 0 Å². The molecular weight excluding hydrogens is 170 g/mol. The lowest BCUT2D eigenvalue weighted by molar-refractivity contribution is 0.159. The molecule has 1 aliphatic carbocycles. The number of hydrogen-bond donors (Lipinski definition) is 0. The van der Waals surface area contributed by atoms with Gasteiger partial charge >= 0.3 is 0 Å². The first kappa shape index (κ1) is 12.0. The van der Waals surface area contributed by atoms with E-state index in [2.05, 4.69) is 39.6 Å². The summed E-state index contributed by atoms with van der Waals surface area (Å²) in [4.78, 5) is 2.58. The van der Waals surface area contributed by atoms with E-state index >= 15 is 0 Å². The summed E-state index contributed by atoms with van der Waals surface area (Å²) in [6.45, 7) is 9.29. The summed E-state index contributed by atoms with van der Waals surface area (Å²) in [5.41, 5.74) is 0. The highest BCUT2D eigenvalue weighted by Gasteiger charge is 2.34. The molecule has 0 saturated heterocycles. The van der Waals surface area contributed by atoms with Gasteiger partial charge in [0.05, 0.1) is 0 Å². The summed E-state index contributed by atoms with van der Waals surface area (Å²) in [5, 5.41) is 0. The van der Waals surface area contributed by atoms with Crippen molar-refractivity contribution < 1.29 is 0 Å². The van der Waals surface area contributed by atoms with Crippen LogP contribution in [0.3, 0.4) is 0 Å². The smallest absolute Gasteiger partial charge is 0.0123 e. The van der Waals surface area contributed by atoms with E-state index in [0.717, 1.165) is 17.9 Å². The maximum atomic E-state index is 2.58. The van der Waals surface area contributed by atoms with Gasteiger partial charge in [-0.3, -0.25) is 0 Å². The van der Waals surface area contributed by atoms with Crippen LogP contribution in [-0.4, -0.2) is 24.0 Å². The van der Waals surface area contributed by atoms with Crippen LogP contribution in [0.4, 0.5) is 0 Å². The van der Waals surface area contributed by atoms with E-state index in [1.807, 2.05) is 0 Å². The first-order chi connectivity index (χ1) is 6.52. The van der Waals surface area contributed by atoms with E-state index < -0.39 is 0 Å². The Labute approximate surface area is 89.9 Å². The fraction of sp³-hybridized carbons (Fsp3) is 1.00. The van der Waals surface area contributed by atoms with Crippen molar-refractivity contribution in [2.45, 2.75) is 65.5 Å². The molecule has 1 fully saturated rings. The molecule has 0 radical (unpaired) electrons. The van der Waals surface area contributed by atoms with Gasteiger partial charge in [-0.25, -0.2) is 0 Å². The van der Waals surface area contributed by atoms with Crippen LogP contribution in [-0.2, 0) is 0 Å². The molecule has 0 spiro atoms. The zero-order valence-electron chi connectivity index (χ0n) is 10.6. The lowest BCUT2D eigenvalue weighted by Gasteiger charge is -2.32. The van der Waals surface area contributed by atoms with Crippen LogP contribution in [0.5, 0.6) is 0 Å². The second kappa shape index (κ2) is 5.16. The molecule has 0 heterocycles. The van der Waals surface area contributed by atoms with Gasteiger partial charge in [-0.05, 0) is 58.4 Å². The fourth-order valence-electron chi connectivity index (χ4n) is 2.14.